The molecule has 10 rings (SSSR count). The lowest BCUT2D eigenvalue weighted by atomic mass is 9.75. The van der Waals surface area contributed by atoms with E-state index in [1.165, 1.54) is 0 Å². The summed E-state index contributed by atoms with van der Waals surface area (Å²) < 4.78 is 15.5. The van der Waals surface area contributed by atoms with Crippen LogP contribution in [0.2, 0.25) is 0 Å². The molecule has 0 saturated heterocycles. The second kappa shape index (κ2) is 15.5. The highest BCUT2D eigenvalue weighted by Gasteiger charge is 2.44. The number of aromatic amines is 2. The molecule has 6 aromatic heterocycles. The highest BCUT2D eigenvalue weighted by molar-refractivity contribution is 6.01. The number of pyridine rings is 2. The van der Waals surface area contributed by atoms with Crippen molar-refractivity contribution in [1.29, 1.82) is 0 Å². The summed E-state index contributed by atoms with van der Waals surface area (Å²) in [6.07, 6.45) is 7.79. The summed E-state index contributed by atoms with van der Waals surface area (Å²) in [6.45, 7) is 0. The molecule has 0 radical (unpaired) electrons. The Morgan fingerprint density at radius 1 is 0.550 bits per heavy atom. The molecular formula is C49H42N8O3. The van der Waals surface area contributed by atoms with Crippen molar-refractivity contribution in [3.05, 3.63) is 193 Å². The zero-order valence-electron chi connectivity index (χ0n) is 33.0. The maximum Gasteiger partial charge on any atom is 0.152 e. The molecule has 0 fully saturated rings. The zero-order valence-corrected chi connectivity index (χ0v) is 33.0. The Kier molecular flexibility index (Phi) is 9.45. The minimum absolute atomic E-state index is 0.0570. The number of para-hydroxylation sites is 6. The highest BCUT2D eigenvalue weighted by atomic mass is 16.5. The van der Waals surface area contributed by atoms with Crippen LogP contribution in [-0.4, -0.2) is 49.2 Å². The van der Waals surface area contributed by atoms with Crippen molar-refractivity contribution in [3.8, 4) is 11.5 Å². The first-order chi connectivity index (χ1) is 29.6. The van der Waals surface area contributed by atoms with E-state index in [0.29, 0.717) is 22.9 Å². The van der Waals surface area contributed by atoms with Crippen LogP contribution in [0.3, 0.4) is 0 Å². The van der Waals surface area contributed by atoms with Gasteiger partial charge in [-0.25, -0.2) is 9.03 Å². The summed E-state index contributed by atoms with van der Waals surface area (Å²) >= 11 is 0. The lowest BCUT2D eigenvalue weighted by molar-refractivity contribution is -0.122. The molecule has 0 aliphatic rings. The first-order valence-electron chi connectivity index (χ1n) is 19.9. The minimum atomic E-state index is -0.825. The van der Waals surface area contributed by atoms with Crippen molar-refractivity contribution < 1.29 is 14.3 Å². The molecule has 6 heterocycles. The number of aromatic nitrogens is 6. The molecule has 11 nitrogen and oxygen atoms in total. The number of hydrogen-bond donors (Lipinski definition) is 4. The van der Waals surface area contributed by atoms with Gasteiger partial charge in [0.15, 0.2) is 5.78 Å². The third-order valence-corrected chi connectivity index (χ3v) is 11.4. The van der Waals surface area contributed by atoms with Crippen molar-refractivity contribution in [1.82, 2.24) is 29.2 Å². The van der Waals surface area contributed by atoms with Crippen LogP contribution in [0.25, 0.3) is 32.8 Å². The van der Waals surface area contributed by atoms with Gasteiger partial charge < -0.3 is 30.1 Å². The molecule has 0 aliphatic heterocycles. The smallest absolute Gasteiger partial charge is 0.152 e. The molecule has 4 aromatic carbocycles. The largest absolute Gasteiger partial charge is 0.495 e. The van der Waals surface area contributed by atoms with E-state index in [0.717, 1.165) is 55.3 Å². The number of nitrogens with one attached hydrogen (secondary N) is 4. The Labute approximate surface area is 345 Å². The van der Waals surface area contributed by atoms with Gasteiger partial charge in [-0.1, -0.05) is 72.8 Å². The molecule has 0 aliphatic carbocycles. The van der Waals surface area contributed by atoms with Gasteiger partial charge in [0.1, 0.15) is 11.5 Å². The molecule has 0 bridgehead atoms. The molecule has 296 valence electrons. The number of hydrogen-bond acceptors (Lipinski definition) is 7. The predicted molar refractivity (Wildman–Crippen MR) is 236 cm³/mol. The number of fused-ring (bicyclic) bond motifs is 4. The molecule has 0 saturated carbocycles. The van der Waals surface area contributed by atoms with E-state index < -0.39 is 23.9 Å². The van der Waals surface area contributed by atoms with Crippen LogP contribution in [0.5, 0.6) is 11.5 Å². The molecule has 4 unspecified atom stereocenters. The van der Waals surface area contributed by atoms with E-state index in [-0.39, 0.29) is 5.78 Å². The van der Waals surface area contributed by atoms with Gasteiger partial charge in [-0.15, -0.1) is 0 Å². The SMILES string of the molecule is COc1ccccc1NC(c1cc2ccccn2n1)C(C(=O)C(c1c[nH]c2ccccc12)C(Nc1ccccc1OC)c1cc2ccccn2n1)c1c[nH]c2ccccc12. The third-order valence-electron chi connectivity index (χ3n) is 11.4. The van der Waals surface area contributed by atoms with Gasteiger partial charge in [0, 0.05) is 46.6 Å². The monoisotopic (exact) mass is 790 g/mol. The average molecular weight is 791 g/mol. The number of ketones is 1. The molecule has 4 atom stereocenters. The van der Waals surface area contributed by atoms with Crippen LogP contribution in [0.15, 0.2) is 170 Å². The normalized spacial score (nSPS) is 13.6. The molecule has 60 heavy (non-hydrogen) atoms. The van der Waals surface area contributed by atoms with Crippen molar-refractivity contribution in [2.45, 2.75) is 23.9 Å². The quantitative estimate of drug-likeness (QED) is 0.0864. The number of rotatable bonds is 14. The summed E-state index contributed by atoms with van der Waals surface area (Å²) in [6, 6.07) is 46.4. The number of Topliss-reactive ketones (excluding diaryl/α,β-unsaturated/α-hetero) is 1. The van der Waals surface area contributed by atoms with E-state index in [2.05, 4.69) is 44.9 Å². The molecule has 0 spiro atoms. The number of H-pyrrole nitrogens is 2. The molecule has 11 heteroatoms. The second-order valence-corrected chi connectivity index (χ2v) is 14.9. The summed E-state index contributed by atoms with van der Waals surface area (Å²) in [5, 5.41) is 19.8. The summed E-state index contributed by atoms with van der Waals surface area (Å²) in [5.74, 6) is -0.421. The van der Waals surface area contributed by atoms with Gasteiger partial charge >= 0.3 is 0 Å². The number of ether oxygens (including phenoxy) is 2. The number of carbonyl (C=O) groups is 1. The fourth-order valence-electron chi connectivity index (χ4n) is 8.63. The summed E-state index contributed by atoms with van der Waals surface area (Å²) in [4.78, 5) is 23.8. The first kappa shape index (κ1) is 36.5. The zero-order chi connectivity index (χ0) is 40.6. The number of methoxy groups -OCH3 is 2. The maximum atomic E-state index is 16.8. The number of carbonyl (C=O) groups excluding carboxylic acids is 1. The minimum Gasteiger partial charge on any atom is -0.495 e. The summed E-state index contributed by atoms with van der Waals surface area (Å²) in [7, 11) is 3.30. The second-order valence-electron chi connectivity index (χ2n) is 14.9. The van der Waals surface area contributed by atoms with Crippen molar-refractivity contribution in [2.75, 3.05) is 24.9 Å². The van der Waals surface area contributed by atoms with E-state index in [1.807, 2.05) is 155 Å². The topological polar surface area (TPSA) is 126 Å². The van der Waals surface area contributed by atoms with Gasteiger partial charge in [-0.2, -0.15) is 10.2 Å². The standard InChI is InChI=1S/C49H42N8O3/c1-59-43-23-9-7-21-39(43)52-47(41-27-31-15-11-13-25-56(31)54-41)45(35-29-50-37-19-5-3-17-33(35)37)49(58)46(36-30-51-38-20-6-4-18-34(36)38)48(53-40-22-8-10-24-44(40)60-2)42-28-32-16-12-14-26-57(32)55-42/h3-30,45-48,50-53H,1-2H3. The fraction of sp³-hybridized carbons (Fsp3) is 0.122. The molecule has 0 amide bonds. The predicted octanol–water partition coefficient (Wildman–Crippen LogP) is 10.1. The van der Waals surface area contributed by atoms with Crippen LogP contribution in [0, 0.1) is 0 Å². The van der Waals surface area contributed by atoms with Gasteiger partial charge in [-0.05, 0) is 83.9 Å². The van der Waals surface area contributed by atoms with Crippen LogP contribution in [-0.2, 0) is 4.79 Å². The van der Waals surface area contributed by atoms with Crippen LogP contribution in [0.4, 0.5) is 11.4 Å². The van der Waals surface area contributed by atoms with Crippen LogP contribution < -0.4 is 20.1 Å². The van der Waals surface area contributed by atoms with Gasteiger partial charge in [0.2, 0.25) is 0 Å². The van der Waals surface area contributed by atoms with E-state index in [4.69, 9.17) is 19.7 Å². The summed E-state index contributed by atoms with van der Waals surface area (Å²) in [5.41, 5.74) is 8.14. The lowest BCUT2D eigenvalue weighted by Gasteiger charge is -2.34. The Bertz CT molecular complexity index is 2850. The Morgan fingerprint density at radius 3 is 1.42 bits per heavy atom. The Morgan fingerprint density at radius 2 is 0.967 bits per heavy atom. The van der Waals surface area contributed by atoms with Gasteiger partial charge in [-0.3, -0.25) is 4.79 Å². The lowest BCUT2D eigenvalue weighted by Crippen LogP contribution is -2.35. The van der Waals surface area contributed by atoms with Gasteiger partial charge in [0.25, 0.3) is 0 Å². The van der Waals surface area contributed by atoms with Crippen LogP contribution in [0.1, 0.15) is 46.4 Å². The number of anilines is 2. The first-order valence-corrected chi connectivity index (χ1v) is 19.9. The molecule has 4 N–H and O–H groups in total. The van der Waals surface area contributed by atoms with Crippen molar-refractivity contribution in [3.63, 3.8) is 0 Å². The van der Waals surface area contributed by atoms with Crippen molar-refractivity contribution in [2.24, 2.45) is 0 Å². The van der Waals surface area contributed by atoms with Crippen LogP contribution >= 0.6 is 0 Å². The van der Waals surface area contributed by atoms with E-state index >= 15 is 4.79 Å². The molecular weight excluding hydrogens is 749 g/mol. The number of nitrogens with zero attached hydrogens (tertiary/aromatic N) is 4. The van der Waals surface area contributed by atoms with E-state index in [9.17, 15) is 0 Å². The van der Waals surface area contributed by atoms with Crippen molar-refractivity contribution >= 4 is 50.0 Å². The van der Waals surface area contributed by atoms with E-state index in [1.54, 1.807) is 14.2 Å². The van der Waals surface area contributed by atoms with Gasteiger partial charge in [0.05, 0.1) is 71.9 Å². The third kappa shape index (κ3) is 6.55. The maximum absolute atomic E-state index is 16.8. The Balaban J connectivity index is 1.25. The highest BCUT2D eigenvalue weighted by Crippen LogP contribution is 2.47. The average Bonchev–Trinajstić information content (AvgIpc) is 4.11. The Hall–Kier alpha value is -7.79. The molecule has 10 aromatic rings. The fourth-order valence-corrected chi connectivity index (χ4v) is 8.63. The number of benzene rings is 4.